The van der Waals surface area contributed by atoms with E-state index < -0.39 is 5.97 Å². The summed E-state index contributed by atoms with van der Waals surface area (Å²) < 4.78 is 10.7. The fourth-order valence-electron chi connectivity index (χ4n) is 3.87. The molecule has 1 aliphatic rings. The highest BCUT2D eigenvalue weighted by Gasteiger charge is 2.25. The molecule has 27 heavy (non-hydrogen) atoms. The summed E-state index contributed by atoms with van der Waals surface area (Å²) in [6.45, 7) is 2.38. The van der Waals surface area contributed by atoms with Gasteiger partial charge >= 0.3 is 5.97 Å². The van der Waals surface area contributed by atoms with E-state index in [9.17, 15) is 9.59 Å². The maximum absolute atomic E-state index is 12.6. The van der Waals surface area contributed by atoms with Gasteiger partial charge in [0.15, 0.2) is 6.61 Å². The molecule has 2 aromatic carbocycles. The molecule has 1 amide bonds. The van der Waals surface area contributed by atoms with Gasteiger partial charge in [0.2, 0.25) is 0 Å². The Morgan fingerprint density at radius 3 is 2.37 bits per heavy atom. The molecule has 3 rings (SSSR count). The number of ether oxygens (including phenoxy) is 2. The van der Waals surface area contributed by atoms with E-state index >= 15 is 0 Å². The molecule has 5 nitrogen and oxygen atoms in total. The summed E-state index contributed by atoms with van der Waals surface area (Å²) in [6, 6.07) is 11.6. The fraction of sp³-hybridized carbons (Fsp3) is 0.455. The number of hydrogen-bond donors (Lipinski definition) is 0. The molecule has 0 aromatic heterocycles. The SMILES string of the molecule is CCN(C(=O)COC(=O)c1cc2ccccc2cc1OC)C1CCCCC1. The topological polar surface area (TPSA) is 55.8 Å². The molecule has 144 valence electrons. The van der Waals surface area contributed by atoms with Gasteiger partial charge in [0.1, 0.15) is 11.3 Å². The van der Waals surface area contributed by atoms with Crippen molar-refractivity contribution in [3.63, 3.8) is 0 Å². The Morgan fingerprint density at radius 2 is 1.74 bits per heavy atom. The molecule has 0 N–H and O–H groups in total. The first-order valence-corrected chi connectivity index (χ1v) is 9.67. The maximum atomic E-state index is 12.6. The molecule has 2 aromatic rings. The first-order chi connectivity index (χ1) is 13.1. The normalized spacial score (nSPS) is 14.7. The van der Waals surface area contributed by atoms with Gasteiger partial charge in [-0.25, -0.2) is 4.79 Å². The minimum Gasteiger partial charge on any atom is -0.496 e. The quantitative estimate of drug-likeness (QED) is 0.717. The summed E-state index contributed by atoms with van der Waals surface area (Å²) in [5.74, 6) is -0.214. The number of benzene rings is 2. The highest BCUT2D eigenvalue weighted by Crippen LogP contribution is 2.27. The summed E-state index contributed by atoms with van der Waals surface area (Å²) in [5.41, 5.74) is 0.338. The van der Waals surface area contributed by atoms with Crippen molar-refractivity contribution in [2.45, 2.75) is 45.1 Å². The van der Waals surface area contributed by atoms with Crippen LogP contribution in [0.3, 0.4) is 0 Å². The van der Waals surface area contributed by atoms with Crippen molar-refractivity contribution in [2.24, 2.45) is 0 Å². The summed E-state index contributed by atoms with van der Waals surface area (Å²) >= 11 is 0. The van der Waals surface area contributed by atoms with Crippen LogP contribution in [0.2, 0.25) is 0 Å². The highest BCUT2D eigenvalue weighted by molar-refractivity contribution is 5.99. The van der Waals surface area contributed by atoms with Crippen LogP contribution in [0.4, 0.5) is 0 Å². The second-order valence-electron chi connectivity index (χ2n) is 6.95. The lowest BCUT2D eigenvalue weighted by Crippen LogP contribution is -2.43. The van der Waals surface area contributed by atoms with Crippen LogP contribution in [-0.2, 0) is 9.53 Å². The lowest BCUT2D eigenvalue weighted by molar-refractivity contribution is -0.137. The van der Waals surface area contributed by atoms with Crippen molar-refractivity contribution >= 4 is 22.6 Å². The third-order valence-electron chi connectivity index (χ3n) is 5.29. The van der Waals surface area contributed by atoms with Crippen molar-refractivity contribution in [3.05, 3.63) is 42.0 Å². The first-order valence-electron chi connectivity index (χ1n) is 9.67. The average molecular weight is 369 g/mol. The molecule has 1 fully saturated rings. The molecule has 1 saturated carbocycles. The fourth-order valence-corrected chi connectivity index (χ4v) is 3.87. The van der Waals surface area contributed by atoms with Crippen LogP contribution in [-0.4, -0.2) is 43.1 Å². The van der Waals surface area contributed by atoms with Crippen molar-refractivity contribution in [2.75, 3.05) is 20.3 Å². The molecule has 5 heteroatoms. The number of methoxy groups -OCH3 is 1. The summed E-state index contributed by atoms with van der Waals surface area (Å²) in [6.07, 6.45) is 5.61. The minimum absolute atomic E-state index is 0.127. The van der Waals surface area contributed by atoms with Crippen molar-refractivity contribution in [1.82, 2.24) is 4.90 Å². The molecular formula is C22H27NO4. The van der Waals surface area contributed by atoms with Gasteiger partial charge in [-0.1, -0.05) is 43.5 Å². The molecule has 0 atom stereocenters. The Bertz CT molecular complexity index is 811. The predicted molar refractivity (Wildman–Crippen MR) is 105 cm³/mol. The molecule has 0 bridgehead atoms. The standard InChI is InChI=1S/C22H27NO4/c1-3-23(18-11-5-4-6-12-18)21(24)15-27-22(25)19-13-16-9-7-8-10-17(16)14-20(19)26-2/h7-10,13-14,18H,3-6,11-12,15H2,1-2H3. The molecule has 0 saturated heterocycles. The molecule has 0 heterocycles. The van der Waals surface area contributed by atoms with Crippen LogP contribution >= 0.6 is 0 Å². The van der Waals surface area contributed by atoms with Crippen molar-refractivity contribution in [3.8, 4) is 5.75 Å². The molecule has 0 aliphatic heterocycles. The van der Waals surface area contributed by atoms with E-state index in [1.807, 2.05) is 42.2 Å². The van der Waals surface area contributed by atoms with Crippen LogP contribution in [0, 0.1) is 0 Å². The van der Waals surface area contributed by atoms with E-state index in [1.54, 1.807) is 6.07 Å². The van der Waals surface area contributed by atoms with Crippen molar-refractivity contribution in [1.29, 1.82) is 0 Å². The van der Waals surface area contributed by atoms with Gasteiger partial charge in [0, 0.05) is 12.6 Å². The Balaban J connectivity index is 1.69. The molecule has 0 spiro atoms. The van der Waals surface area contributed by atoms with Gasteiger partial charge in [-0.15, -0.1) is 0 Å². The zero-order valence-corrected chi connectivity index (χ0v) is 16.1. The second kappa shape index (κ2) is 8.89. The molecule has 1 aliphatic carbocycles. The summed E-state index contributed by atoms with van der Waals surface area (Å²) in [4.78, 5) is 27.0. The van der Waals surface area contributed by atoms with E-state index in [-0.39, 0.29) is 18.6 Å². The number of amides is 1. The molecule has 0 unspecified atom stereocenters. The van der Waals surface area contributed by atoms with Gasteiger partial charge < -0.3 is 14.4 Å². The van der Waals surface area contributed by atoms with Gasteiger partial charge in [-0.3, -0.25) is 4.79 Å². The zero-order valence-electron chi connectivity index (χ0n) is 16.1. The summed E-state index contributed by atoms with van der Waals surface area (Å²) in [7, 11) is 1.52. The van der Waals surface area contributed by atoms with Gasteiger partial charge in [0.05, 0.1) is 7.11 Å². The van der Waals surface area contributed by atoms with Crippen LogP contribution in [0.15, 0.2) is 36.4 Å². The van der Waals surface area contributed by atoms with E-state index in [1.165, 1.54) is 13.5 Å². The first kappa shape index (κ1) is 19.2. The van der Waals surface area contributed by atoms with Crippen LogP contribution < -0.4 is 4.74 Å². The van der Waals surface area contributed by atoms with Crippen LogP contribution in [0.1, 0.15) is 49.4 Å². The minimum atomic E-state index is -0.536. The third-order valence-corrected chi connectivity index (χ3v) is 5.29. The van der Waals surface area contributed by atoms with Crippen LogP contribution in [0.25, 0.3) is 10.8 Å². The number of fused-ring (bicyclic) bond motifs is 1. The number of rotatable bonds is 6. The lowest BCUT2D eigenvalue weighted by atomic mass is 9.94. The zero-order chi connectivity index (χ0) is 19.2. The number of esters is 1. The lowest BCUT2D eigenvalue weighted by Gasteiger charge is -2.33. The monoisotopic (exact) mass is 369 g/mol. The maximum Gasteiger partial charge on any atom is 0.342 e. The number of likely N-dealkylation sites (N-methyl/N-ethyl adjacent to an activating group) is 1. The average Bonchev–Trinajstić information content (AvgIpc) is 2.72. The van der Waals surface area contributed by atoms with Gasteiger partial charge in [-0.05, 0) is 42.7 Å². The highest BCUT2D eigenvalue weighted by atomic mass is 16.5. The largest absolute Gasteiger partial charge is 0.496 e. The number of carbonyl (C=O) groups is 2. The Morgan fingerprint density at radius 1 is 1.07 bits per heavy atom. The van der Waals surface area contributed by atoms with E-state index in [4.69, 9.17) is 9.47 Å². The Hall–Kier alpha value is -2.56. The van der Waals surface area contributed by atoms with E-state index in [0.717, 1.165) is 36.5 Å². The smallest absolute Gasteiger partial charge is 0.342 e. The van der Waals surface area contributed by atoms with Gasteiger partial charge in [-0.2, -0.15) is 0 Å². The predicted octanol–water partition coefficient (Wildman–Crippen LogP) is 4.19. The Labute approximate surface area is 160 Å². The van der Waals surface area contributed by atoms with E-state index in [0.29, 0.717) is 17.9 Å². The number of carbonyl (C=O) groups excluding carboxylic acids is 2. The molecular weight excluding hydrogens is 342 g/mol. The number of nitrogens with zero attached hydrogens (tertiary/aromatic N) is 1. The summed E-state index contributed by atoms with van der Waals surface area (Å²) in [5, 5.41) is 1.91. The third kappa shape index (κ3) is 4.41. The molecule has 0 radical (unpaired) electrons. The van der Waals surface area contributed by atoms with Gasteiger partial charge in [0.25, 0.3) is 5.91 Å². The second-order valence-corrected chi connectivity index (χ2v) is 6.95. The van der Waals surface area contributed by atoms with Crippen molar-refractivity contribution < 1.29 is 19.1 Å². The van der Waals surface area contributed by atoms with Crippen LogP contribution in [0.5, 0.6) is 5.75 Å². The Kier molecular flexibility index (Phi) is 6.32. The number of hydrogen-bond acceptors (Lipinski definition) is 4. The van der Waals surface area contributed by atoms with E-state index in [2.05, 4.69) is 0 Å².